The molecule has 0 saturated heterocycles. The molecule has 2 aromatic heterocycles. The molecule has 6 aromatic rings. The fourth-order valence-corrected chi connectivity index (χ4v) is 6.17. The lowest BCUT2D eigenvalue weighted by molar-refractivity contribution is -0.144. The van der Waals surface area contributed by atoms with Gasteiger partial charge in [0.05, 0.1) is 12.0 Å². The molecular formula is C40H35N5O5. The van der Waals surface area contributed by atoms with E-state index in [-0.39, 0.29) is 12.0 Å². The largest absolute Gasteiger partial charge is 0.480 e. The number of nitrogens with zero attached hydrogens (tertiary/aromatic N) is 1. The van der Waals surface area contributed by atoms with Gasteiger partial charge in [0, 0.05) is 35.9 Å². The number of rotatable bonds is 13. The van der Waals surface area contributed by atoms with Crippen molar-refractivity contribution in [2.75, 3.05) is 0 Å². The van der Waals surface area contributed by atoms with Crippen LogP contribution in [0.2, 0.25) is 0 Å². The summed E-state index contributed by atoms with van der Waals surface area (Å²) >= 11 is 0. The van der Waals surface area contributed by atoms with Crippen molar-refractivity contribution in [3.05, 3.63) is 174 Å². The lowest BCUT2D eigenvalue weighted by atomic mass is 9.77. The highest BCUT2D eigenvalue weighted by molar-refractivity contribution is 5.98. The number of fused-ring (bicyclic) bond motifs is 1. The molecule has 2 atom stereocenters. The van der Waals surface area contributed by atoms with Crippen LogP contribution in [0.4, 0.5) is 0 Å². The van der Waals surface area contributed by atoms with Gasteiger partial charge in [-0.3, -0.25) is 19.4 Å². The van der Waals surface area contributed by atoms with Crippen LogP contribution in [0.5, 0.6) is 0 Å². The number of aromatic amines is 1. The Balaban J connectivity index is 1.28. The van der Waals surface area contributed by atoms with Crippen LogP contribution < -0.4 is 16.0 Å². The number of H-pyrrole nitrogens is 1. The Labute approximate surface area is 288 Å². The number of benzene rings is 4. The molecule has 0 radical (unpaired) electrons. The van der Waals surface area contributed by atoms with Crippen LogP contribution in [-0.4, -0.2) is 50.8 Å². The lowest BCUT2D eigenvalue weighted by Crippen LogP contribution is -2.54. The number of carbonyl (C=O) groups excluding carboxylic acids is 3. The van der Waals surface area contributed by atoms with Crippen molar-refractivity contribution < 1.29 is 24.3 Å². The molecular weight excluding hydrogens is 630 g/mol. The van der Waals surface area contributed by atoms with Crippen LogP contribution in [-0.2, 0) is 26.3 Å². The first-order valence-corrected chi connectivity index (χ1v) is 16.1. The van der Waals surface area contributed by atoms with Crippen LogP contribution >= 0.6 is 0 Å². The maximum absolute atomic E-state index is 14.0. The van der Waals surface area contributed by atoms with Gasteiger partial charge >= 0.3 is 5.97 Å². The number of nitrogens with one attached hydrogen (secondary N) is 4. The summed E-state index contributed by atoms with van der Waals surface area (Å²) in [4.78, 5) is 60.8. The maximum Gasteiger partial charge on any atom is 0.326 e. The first-order chi connectivity index (χ1) is 24.3. The monoisotopic (exact) mass is 665 g/mol. The number of hydrogen-bond acceptors (Lipinski definition) is 5. The van der Waals surface area contributed by atoms with Crippen LogP contribution in [0, 0.1) is 0 Å². The molecule has 4 aromatic carbocycles. The third-order valence-corrected chi connectivity index (χ3v) is 8.60. The molecule has 0 bridgehead atoms. The predicted octanol–water partition coefficient (Wildman–Crippen LogP) is 4.97. The second kappa shape index (κ2) is 15.1. The summed E-state index contributed by atoms with van der Waals surface area (Å²) in [6.07, 6.45) is 4.13. The zero-order valence-corrected chi connectivity index (χ0v) is 27.0. The molecule has 0 aliphatic rings. The lowest BCUT2D eigenvalue weighted by Gasteiger charge is -2.37. The highest BCUT2D eigenvalue weighted by atomic mass is 16.4. The third kappa shape index (κ3) is 7.29. The van der Waals surface area contributed by atoms with Gasteiger partial charge in [0.25, 0.3) is 5.91 Å². The topological polar surface area (TPSA) is 153 Å². The average Bonchev–Trinajstić information content (AvgIpc) is 3.57. The number of hydrogen-bond donors (Lipinski definition) is 5. The van der Waals surface area contributed by atoms with E-state index in [2.05, 4.69) is 25.9 Å². The molecule has 10 heteroatoms. The number of aliphatic carboxylic acids is 1. The Bertz CT molecular complexity index is 1990. The molecule has 2 heterocycles. The molecule has 0 saturated carbocycles. The van der Waals surface area contributed by atoms with Gasteiger partial charge in [0.1, 0.15) is 17.6 Å². The Morgan fingerprint density at radius 3 is 1.84 bits per heavy atom. The summed E-state index contributed by atoms with van der Waals surface area (Å²) in [5.41, 5.74) is 2.94. The SMILES string of the molecule is O=C(C[C@H](NC(=O)[C@H](Cc1c[nH]c2ccccc12)NC(=O)c1cccnc1)C(=O)O)NC(c1ccccc1)(c1ccccc1)c1ccccc1. The number of pyridine rings is 1. The molecule has 0 fully saturated rings. The number of carboxylic acids is 1. The third-order valence-electron chi connectivity index (χ3n) is 8.60. The van der Waals surface area contributed by atoms with E-state index in [0.29, 0.717) is 0 Å². The van der Waals surface area contributed by atoms with Crippen molar-refractivity contribution in [1.29, 1.82) is 0 Å². The van der Waals surface area contributed by atoms with Crippen LogP contribution in [0.15, 0.2) is 146 Å². The fourth-order valence-electron chi connectivity index (χ4n) is 6.17. The van der Waals surface area contributed by atoms with Crippen LogP contribution in [0.1, 0.15) is 39.0 Å². The van der Waals surface area contributed by atoms with Gasteiger partial charge in [0.15, 0.2) is 0 Å². The van der Waals surface area contributed by atoms with Crippen LogP contribution in [0.25, 0.3) is 10.9 Å². The van der Waals surface area contributed by atoms with E-state index >= 15 is 0 Å². The molecule has 0 unspecified atom stereocenters. The second-order valence-electron chi connectivity index (χ2n) is 11.8. The summed E-state index contributed by atoms with van der Waals surface area (Å²) in [6, 6.07) is 36.2. The zero-order chi connectivity index (χ0) is 34.9. The van der Waals surface area contributed by atoms with Gasteiger partial charge in [-0.05, 0) is 40.5 Å². The summed E-state index contributed by atoms with van der Waals surface area (Å²) < 4.78 is 0. The van der Waals surface area contributed by atoms with Crippen LogP contribution in [0.3, 0.4) is 0 Å². The first kappa shape index (κ1) is 33.4. The summed E-state index contributed by atoms with van der Waals surface area (Å²) in [7, 11) is 0. The number of para-hydroxylation sites is 1. The zero-order valence-electron chi connectivity index (χ0n) is 27.0. The molecule has 10 nitrogen and oxygen atoms in total. The number of aromatic nitrogens is 2. The highest BCUT2D eigenvalue weighted by Gasteiger charge is 2.39. The molecule has 3 amide bonds. The van der Waals surface area contributed by atoms with E-state index in [1.807, 2.05) is 115 Å². The van der Waals surface area contributed by atoms with Crippen molar-refractivity contribution in [1.82, 2.24) is 25.9 Å². The van der Waals surface area contributed by atoms with Crippen molar-refractivity contribution in [2.45, 2.75) is 30.5 Å². The van der Waals surface area contributed by atoms with Gasteiger partial charge in [0.2, 0.25) is 11.8 Å². The minimum absolute atomic E-state index is 0.0551. The average molecular weight is 666 g/mol. The normalized spacial score (nSPS) is 12.4. The first-order valence-electron chi connectivity index (χ1n) is 16.1. The second-order valence-corrected chi connectivity index (χ2v) is 11.8. The summed E-state index contributed by atoms with van der Waals surface area (Å²) in [5.74, 6) is -3.32. The van der Waals surface area contributed by atoms with Crippen molar-refractivity contribution in [2.24, 2.45) is 0 Å². The Kier molecular flexibility index (Phi) is 10.1. The molecule has 6 rings (SSSR count). The Hall–Kier alpha value is -6.55. The van der Waals surface area contributed by atoms with Crippen molar-refractivity contribution in [3.63, 3.8) is 0 Å². The van der Waals surface area contributed by atoms with Gasteiger partial charge < -0.3 is 26.0 Å². The fraction of sp³-hybridized carbons (Fsp3) is 0.125. The smallest absolute Gasteiger partial charge is 0.326 e. The molecule has 5 N–H and O–H groups in total. The minimum atomic E-state index is -1.61. The number of carboxylic acid groups (broad SMARTS) is 1. The Morgan fingerprint density at radius 2 is 1.28 bits per heavy atom. The van der Waals surface area contributed by atoms with E-state index in [0.717, 1.165) is 33.2 Å². The standard InChI is InChI=1S/C40H35N5O5/c46-36(45-40(29-14-4-1-5-15-29,30-16-6-2-7-17-30)31-18-8-3-9-19-31)24-35(39(49)50)44-38(48)34(43-37(47)27-13-12-22-41-25-27)23-28-26-42-33-21-11-10-20-32(28)33/h1-22,25-26,34-35,42H,23-24H2,(H,43,47)(H,44,48)(H,45,46)(H,49,50)/t34-,35-/m0/s1. The van der Waals surface area contributed by atoms with Crippen molar-refractivity contribution in [3.8, 4) is 0 Å². The van der Waals surface area contributed by atoms with Gasteiger partial charge in [-0.25, -0.2) is 4.79 Å². The van der Waals surface area contributed by atoms with E-state index in [1.165, 1.54) is 12.4 Å². The number of carbonyl (C=O) groups is 4. The molecule has 0 spiro atoms. The molecule has 250 valence electrons. The van der Waals surface area contributed by atoms with E-state index in [1.54, 1.807) is 18.3 Å². The van der Waals surface area contributed by atoms with E-state index < -0.39 is 47.7 Å². The summed E-state index contributed by atoms with van der Waals surface area (Å²) in [5, 5.41) is 19.5. The predicted molar refractivity (Wildman–Crippen MR) is 189 cm³/mol. The van der Waals surface area contributed by atoms with Crippen molar-refractivity contribution >= 4 is 34.6 Å². The minimum Gasteiger partial charge on any atom is -0.480 e. The van der Waals surface area contributed by atoms with Gasteiger partial charge in [-0.2, -0.15) is 0 Å². The quantitative estimate of drug-likeness (QED) is 0.110. The van der Waals surface area contributed by atoms with E-state index in [9.17, 15) is 24.3 Å². The van der Waals surface area contributed by atoms with Gasteiger partial charge in [-0.15, -0.1) is 0 Å². The van der Waals surface area contributed by atoms with Gasteiger partial charge in [-0.1, -0.05) is 109 Å². The Morgan fingerprint density at radius 1 is 0.700 bits per heavy atom. The highest BCUT2D eigenvalue weighted by Crippen LogP contribution is 2.37. The molecule has 0 aliphatic carbocycles. The number of amides is 3. The summed E-state index contributed by atoms with van der Waals surface area (Å²) in [6.45, 7) is 0. The maximum atomic E-state index is 14.0. The molecule has 50 heavy (non-hydrogen) atoms. The van der Waals surface area contributed by atoms with E-state index in [4.69, 9.17) is 0 Å². The molecule has 0 aliphatic heterocycles.